The third-order valence-corrected chi connectivity index (χ3v) is 7.64. The van der Waals surface area contributed by atoms with Crippen molar-refractivity contribution in [1.29, 1.82) is 0 Å². The van der Waals surface area contributed by atoms with Crippen LogP contribution in [0.25, 0.3) is 0 Å². The molecule has 0 bridgehead atoms. The smallest absolute Gasteiger partial charge is 0.243 e. The van der Waals surface area contributed by atoms with Crippen LogP contribution in [0, 0.1) is 0 Å². The molecule has 1 heterocycles. The predicted octanol–water partition coefficient (Wildman–Crippen LogP) is -0.0388. The summed E-state index contributed by atoms with van der Waals surface area (Å²) in [4.78, 5) is 13.8. The van der Waals surface area contributed by atoms with Crippen molar-refractivity contribution < 1.29 is 26.4 Å². The number of amides is 1. The molecular weight excluding hydrogens is 368 g/mol. The Morgan fingerprint density at radius 2 is 1.56 bits per heavy atom. The average Bonchev–Trinajstić information content (AvgIpc) is 2.59. The minimum absolute atomic E-state index is 0.122. The third kappa shape index (κ3) is 4.31. The second-order valence-electron chi connectivity index (χ2n) is 5.88. The van der Waals surface area contributed by atoms with Crippen LogP contribution < -0.4 is 4.74 Å². The Kier molecular flexibility index (Phi) is 5.75. The van der Waals surface area contributed by atoms with Gasteiger partial charge in [0.15, 0.2) is 9.84 Å². The summed E-state index contributed by atoms with van der Waals surface area (Å²) < 4.78 is 54.6. The number of methoxy groups -OCH3 is 1. The number of carbonyl (C=O) groups excluding carboxylic acids is 1. The summed E-state index contributed by atoms with van der Waals surface area (Å²) in [5.74, 6) is 0.0631. The fraction of sp³-hybridized carbons (Fsp3) is 0.533. The monoisotopic (exact) mass is 390 g/mol. The number of carbonyl (C=O) groups is 1. The van der Waals surface area contributed by atoms with Crippen LogP contribution in [-0.2, 0) is 24.7 Å². The van der Waals surface area contributed by atoms with Crippen LogP contribution >= 0.6 is 0 Å². The number of hydrogen-bond donors (Lipinski definition) is 0. The van der Waals surface area contributed by atoms with E-state index in [1.54, 1.807) is 12.1 Å². The Labute approximate surface area is 148 Å². The number of hydrogen-bond acceptors (Lipinski definition) is 6. The van der Waals surface area contributed by atoms with Crippen LogP contribution in [0.1, 0.15) is 6.92 Å². The molecule has 0 aliphatic carbocycles. The molecule has 1 saturated heterocycles. The van der Waals surface area contributed by atoms with E-state index in [1.807, 2.05) is 0 Å². The summed E-state index contributed by atoms with van der Waals surface area (Å²) in [6.45, 7) is 1.91. The summed E-state index contributed by atoms with van der Waals surface area (Å²) >= 11 is 0. The average molecular weight is 390 g/mol. The van der Waals surface area contributed by atoms with E-state index in [9.17, 15) is 21.6 Å². The first kappa shape index (κ1) is 19.7. The molecule has 0 N–H and O–H groups in total. The summed E-state index contributed by atoms with van der Waals surface area (Å²) in [7, 11) is -5.64. The van der Waals surface area contributed by atoms with Gasteiger partial charge < -0.3 is 9.64 Å². The van der Waals surface area contributed by atoms with E-state index in [0.717, 1.165) is 6.26 Å². The first-order valence-electron chi connectivity index (χ1n) is 7.69. The summed E-state index contributed by atoms with van der Waals surface area (Å²) in [5, 5.41) is -1.13. The standard InChI is InChI=1S/C15H22N2O6S2/c1-12(24(3,19)20)15(18)16-8-10-17(11-9-16)25(21,22)14-6-4-13(23-2)5-7-14/h4-7,12H,8-11H2,1-3H3. The second-order valence-corrected chi connectivity index (χ2v) is 10.2. The van der Waals surface area contributed by atoms with Gasteiger partial charge in [0.2, 0.25) is 15.9 Å². The van der Waals surface area contributed by atoms with E-state index >= 15 is 0 Å². The zero-order valence-corrected chi connectivity index (χ0v) is 16.0. The third-order valence-electron chi connectivity index (χ3n) is 4.24. The number of nitrogens with zero attached hydrogens (tertiary/aromatic N) is 2. The van der Waals surface area contributed by atoms with Gasteiger partial charge in [0.25, 0.3) is 0 Å². The van der Waals surface area contributed by atoms with Crippen molar-refractivity contribution in [2.24, 2.45) is 0 Å². The molecular formula is C15H22N2O6S2. The Bertz CT molecular complexity index is 825. The quantitative estimate of drug-likeness (QED) is 0.699. The maximum atomic E-state index is 12.6. The molecule has 8 nitrogen and oxygen atoms in total. The van der Waals surface area contributed by atoms with Crippen LogP contribution in [0.2, 0.25) is 0 Å². The molecule has 25 heavy (non-hydrogen) atoms. The fourth-order valence-electron chi connectivity index (χ4n) is 2.49. The van der Waals surface area contributed by atoms with Crippen molar-refractivity contribution in [3.05, 3.63) is 24.3 Å². The molecule has 10 heteroatoms. The summed E-state index contributed by atoms with van der Waals surface area (Å²) in [5.41, 5.74) is 0. The van der Waals surface area contributed by atoms with Gasteiger partial charge in [0.1, 0.15) is 11.0 Å². The molecule has 0 spiro atoms. The molecule has 1 atom stereocenters. The maximum absolute atomic E-state index is 12.6. The number of sulfonamides is 1. The van der Waals surface area contributed by atoms with Crippen molar-refractivity contribution >= 4 is 25.8 Å². The number of benzene rings is 1. The molecule has 2 rings (SSSR count). The largest absolute Gasteiger partial charge is 0.497 e. The highest BCUT2D eigenvalue weighted by molar-refractivity contribution is 7.92. The first-order chi connectivity index (χ1) is 11.6. The highest BCUT2D eigenvalue weighted by Gasteiger charge is 2.34. The normalized spacial score (nSPS) is 18.0. The van der Waals surface area contributed by atoms with E-state index in [-0.39, 0.29) is 31.1 Å². The molecule has 0 aromatic heterocycles. The number of piperazine rings is 1. The molecule has 1 aliphatic rings. The van der Waals surface area contributed by atoms with Crippen LogP contribution in [-0.4, -0.2) is 76.7 Å². The molecule has 1 aromatic carbocycles. The topological polar surface area (TPSA) is 101 Å². The van der Waals surface area contributed by atoms with E-state index in [4.69, 9.17) is 4.74 Å². The Morgan fingerprint density at radius 3 is 2.00 bits per heavy atom. The Balaban J connectivity index is 2.07. The van der Waals surface area contributed by atoms with Gasteiger partial charge in [-0.05, 0) is 31.2 Å². The second kappa shape index (κ2) is 7.30. The van der Waals surface area contributed by atoms with Crippen molar-refractivity contribution in [2.75, 3.05) is 39.5 Å². The fourth-order valence-corrected chi connectivity index (χ4v) is 4.42. The van der Waals surface area contributed by atoms with Gasteiger partial charge in [0.05, 0.1) is 12.0 Å². The minimum atomic E-state index is -3.66. The lowest BCUT2D eigenvalue weighted by atomic mass is 10.3. The van der Waals surface area contributed by atoms with Crippen LogP contribution in [0.5, 0.6) is 5.75 Å². The van der Waals surface area contributed by atoms with E-state index in [1.165, 1.54) is 35.4 Å². The Morgan fingerprint density at radius 1 is 1.04 bits per heavy atom. The highest BCUT2D eigenvalue weighted by Crippen LogP contribution is 2.21. The van der Waals surface area contributed by atoms with Crippen LogP contribution in [0.15, 0.2) is 29.2 Å². The molecule has 1 unspecified atom stereocenters. The lowest BCUT2D eigenvalue weighted by molar-refractivity contribution is -0.131. The molecule has 1 amide bonds. The van der Waals surface area contributed by atoms with E-state index in [0.29, 0.717) is 5.75 Å². The van der Waals surface area contributed by atoms with Crippen molar-refractivity contribution in [3.63, 3.8) is 0 Å². The summed E-state index contributed by atoms with van der Waals surface area (Å²) in [6.07, 6.45) is 1.01. The molecule has 1 fully saturated rings. The maximum Gasteiger partial charge on any atom is 0.243 e. The summed E-state index contributed by atoms with van der Waals surface area (Å²) in [6, 6.07) is 6.08. The minimum Gasteiger partial charge on any atom is -0.497 e. The lowest BCUT2D eigenvalue weighted by Crippen LogP contribution is -2.53. The van der Waals surface area contributed by atoms with Crippen molar-refractivity contribution in [1.82, 2.24) is 9.21 Å². The zero-order valence-electron chi connectivity index (χ0n) is 14.4. The van der Waals surface area contributed by atoms with Gasteiger partial charge in [-0.3, -0.25) is 4.79 Å². The molecule has 0 saturated carbocycles. The Hall–Kier alpha value is -1.65. The number of rotatable bonds is 5. The molecule has 1 aliphatic heterocycles. The van der Waals surface area contributed by atoms with E-state index in [2.05, 4.69) is 0 Å². The van der Waals surface area contributed by atoms with Gasteiger partial charge >= 0.3 is 0 Å². The first-order valence-corrected chi connectivity index (χ1v) is 11.1. The van der Waals surface area contributed by atoms with Crippen LogP contribution in [0.3, 0.4) is 0 Å². The highest BCUT2D eigenvalue weighted by atomic mass is 32.2. The van der Waals surface area contributed by atoms with Crippen LogP contribution in [0.4, 0.5) is 0 Å². The van der Waals surface area contributed by atoms with Gasteiger partial charge in [-0.1, -0.05) is 0 Å². The SMILES string of the molecule is COc1ccc(S(=O)(=O)N2CCN(C(=O)C(C)S(C)(=O)=O)CC2)cc1. The number of sulfone groups is 1. The van der Waals surface area contributed by atoms with Gasteiger partial charge in [0, 0.05) is 32.4 Å². The molecule has 1 aromatic rings. The van der Waals surface area contributed by atoms with Gasteiger partial charge in [-0.25, -0.2) is 16.8 Å². The molecule has 0 radical (unpaired) electrons. The van der Waals surface area contributed by atoms with Crippen molar-refractivity contribution in [2.45, 2.75) is 17.1 Å². The van der Waals surface area contributed by atoms with Gasteiger partial charge in [-0.2, -0.15) is 4.31 Å². The number of ether oxygens (including phenoxy) is 1. The zero-order chi connectivity index (χ0) is 18.8. The van der Waals surface area contributed by atoms with Crippen molar-refractivity contribution in [3.8, 4) is 5.75 Å². The predicted molar refractivity (Wildman–Crippen MR) is 92.6 cm³/mol. The van der Waals surface area contributed by atoms with E-state index < -0.39 is 31.0 Å². The molecule has 140 valence electrons. The lowest BCUT2D eigenvalue weighted by Gasteiger charge is -2.35. The van der Waals surface area contributed by atoms with Gasteiger partial charge in [-0.15, -0.1) is 0 Å².